The van der Waals surface area contributed by atoms with Crippen molar-refractivity contribution in [3.05, 3.63) is 44.1 Å². The molecule has 7 heteroatoms. The van der Waals surface area contributed by atoms with Crippen molar-refractivity contribution < 1.29 is 4.79 Å². The molecule has 0 unspecified atom stereocenters. The van der Waals surface area contributed by atoms with Crippen LogP contribution in [0.1, 0.15) is 14.5 Å². The van der Waals surface area contributed by atoms with E-state index in [2.05, 4.69) is 26.2 Å². The first-order valence-electron chi connectivity index (χ1n) is 5.78. The van der Waals surface area contributed by atoms with Crippen molar-refractivity contribution in [2.24, 2.45) is 0 Å². The first-order valence-corrected chi connectivity index (χ1v) is 8.27. The summed E-state index contributed by atoms with van der Waals surface area (Å²) >= 11 is 6.33. The highest BCUT2D eigenvalue weighted by atomic mass is 79.9. The molecule has 102 valence electrons. The van der Waals surface area contributed by atoms with Crippen LogP contribution in [0, 0.1) is 0 Å². The maximum absolute atomic E-state index is 12.2. The molecule has 0 bridgehead atoms. The third-order valence-electron chi connectivity index (χ3n) is 2.80. The summed E-state index contributed by atoms with van der Waals surface area (Å²) in [6.45, 7) is 0.473. The van der Waals surface area contributed by atoms with Gasteiger partial charge in [-0.15, -0.1) is 22.7 Å². The van der Waals surface area contributed by atoms with Gasteiger partial charge in [0.25, 0.3) is 5.91 Å². The minimum absolute atomic E-state index is 0.145. The lowest BCUT2D eigenvalue weighted by molar-refractivity contribution is 0.0956. The molecule has 20 heavy (non-hydrogen) atoms. The SMILES string of the molecule is Nc1c(C(=O)NCc2cncs2)sc2ccc(Br)cc12. The Labute approximate surface area is 131 Å². The van der Waals surface area contributed by atoms with Crippen LogP contribution in [0.15, 0.2) is 34.4 Å². The van der Waals surface area contributed by atoms with Gasteiger partial charge in [0.2, 0.25) is 0 Å². The van der Waals surface area contributed by atoms with Crippen molar-refractivity contribution >= 4 is 60.3 Å². The van der Waals surface area contributed by atoms with Crippen LogP contribution in [0.4, 0.5) is 5.69 Å². The molecule has 1 amide bonds. The molecule has 0 fully saturated rings. The number of carbonyl (C=O) groups excluding carboxylic acids is 1. The molecule has 0 aliphatic carbocycles. The average Bonchev–Trinajstić information content (AvgIpc) is 3.05. The van der Waals surface area contributed by atoms with E-state index in [9.17, 15) is 4.79 Å². The number of nitrogens with zero attached hydrogens (tertiary/aromatic N) is 1. The van der Waals surface area contributed by atoms with Crippen molar-refractivity contribution in [1.29, 1.82) is 0 Å². The summed E-state index contributed by atoms with van der Waals surface area (Å²) in [6.07, 6.45) is 1.75. The van der Waals surface area contributed by atoms with Gasteiger partial charge in [0.1, 0.15) is 4.88 Å². The summed E-state index contributed by atoms with van der Waals surface area (Å²) in [5, 5.41) is 3.78. The van der Waals surface area contributed by atoms with E-state index in [0.29, 0.717) is 17.1 Å². The molecular weight excluding hydrogens is 358 g/mol. The summed E-state index contributed by atoms with van der Waals surface area (Å²) in [5.41, 5.74) is 8.35. The zero-order chi connectivity index (χ0) is 14.1. The van der Waals surface area contributed by atoms with Crippen molar-refractivity contribution in [1.82, 2.24) is 10.3 Å². The highest BCUT2D eigenvalue weighted by Crippen LogP contribution is 2.35. The molecule has 0 aliphatic heterocycles. The number of aromatic nitrogens is 1. The van der Waals surface area contributed by atoms with Crippen LogP contribution in [0.5, 0.6) is 0 Å². The van der Waals surface area contributed by atoms with E-state index in [4.69, 9.17) is 5.73 Å². The summed E-state index contributed by atoms with van der Waals surface area (Å²) in [7, 11) is 0. The molecule has 3 N–H and O–H groups in total. The number of nitrogens with two attached hydrogens (primary N) is 1. The standard InChI is InChI=1S/C13H10BrN3OS2/c14-7-1-2-10-9(3-7)11(15)12(20-10)13(18)17-5-8-4-16-6-19-8/h1-4,6H,5,15H2,(H,17,18). The number of anilines is 1. The second-order valence-corrected chi connectivity index (χ2v) is 7.07. The van der Waals surface area contributed by atoms with Crippen molar-refractivity contribution in [3.8, 4) is 0 Å². The average molecular weight is 368 g/mol. The Morgan fingerprint density at radius 1 is 1.45 bits per heavy atom. The van der Waals surface area contributed by atoms with Gasteiger partial charge >= 0.3 is 0 Å². The maximum Gasteiger partial charge on any atom is 0.263 e. The number of nitrogen functional groups attached to an aromatic ring is 1. The molecule has 0 spiro atoms. The third-order valence-corrected chi connectivity index (χ3v) is 5.26. The van der Waals surface area contributed by atoms with Gasteiger partial charge in [0.15, 0.2) is 0 Å². The first kappa shape index (κ1) is 13.5. The highest BCUT2D eigenvalue weighted by Gasteiger charge is 2.16. The molecule has 3 rings (SSSR count). The van der Waals surface area contributed by atoms with Crippen LogP contribution < -0.4 is 11.1 Å². The number of rotatable bonds is 3. The van der Waals surface area contributed by atoms with Gasteiger partial charge in [-0.3, -0.25) is 9.78 Å². The lowest BCUT2D eigenvalue weighted by Gasteiger charge is -2.02. The Kier molecular flexibility index (Phi) is 3.73. The van der Waals surface area contributed by atoms with E-state index >= 15 is 0 Å². The zero-order valence-electron chi connectivity index (χ0n) is 10.2. The molecule has 3 aromatic rings. The van der Waals surface area contributed by atoms with Gasteiger partial charge in [0, 0.05) is 25.6 Å². The number of hydrogen-bond donors (Lipinski definition) is 2. The first-order chi connectivity index (χ1) is 9.65. The fourth-order valence-electron chi connectivity index (χ4n) is 1.83. The number of thiophene rings is 1. The van der Waals surface area contributed by atoms with E-state index in [1.165, 1.54) is 22.7 Å². The molecule has 2 heterocycles. The van der Waals surface area contributed by atoms with Crippen molar-refractivity contribution in [2.75, 3.05) is 5.73 Å². The summed E-state index contributed by atoms with van der Waals surface area (Å²) in [4.78, 5) is 17.8. The van der Waals surface area contributed by atoms with E-state index in [0.717, 1.165) is 19.4 Å². The normalized spacial score (nSPS) is 10.8. The Bertz CT molecular complexity index is 767. The van der Waals surface area contributed by atoms with Crippen LogP contribution in [-0.2, 0) is 6.54 Å². The number of benzene rings is 1. The van der Waals surface area contributed by atoms with Crippen LogP contribution in [-0.4, -0.2) is 10.9 Å². The molecule has 0 radical (unpaired) electrons. The molecule has 0 atom stereocenters. The Morgan fingerprint density at radius 3 is 3.05 bits per heavy atom. The van der Waals surface area contributed by atoms with Crippen LogP contribution in [0.2, 0.25) is 0 Å². The molecule has 0 saturated carbocycles. The van der Waals surface area contributed by atoms with Crippen molar-refractivity contribution in [2.45, 2.75) is 6.54 Å². The minimum Gasteiger partial charge on any atom is -0.397 e. The van der Waals surface area contributed by atoms with Crippen LogP contribution in [0.25, 0.3) is 10.1 Å². The topological polar surface area (TPSA) is 68.0 Å². The van der Waals surface area contributed by atoms with E-state index < -0.39 is 0 Å². The molecule has 0 saturated heterocycles. The number of carbonyl (C=O) groups is 1. The van der Waals surface area contributed by atoms with Gasteiger partial charge in [-0.2, -0.15) is 0 Å². The monoisotopic (exact) mass is 367 g/mol. The predicted octanol–water partition coefficient (Wildman–Crippen LogP) is 3.63. The molecule has 0 aliphatic rings. The van der Waals surface area contributed by atoms with Crippen LogP contribution >= 0.6 is 38.6 Å². The third kappa shape index (κ3) is 2.56. The number of halogens is 1. The quantitative estimate of drug-likeness (QED) is 0.742. The lowest BCUT2D eigenvalue weighted by atomic mass is 10.2. The second kappa shape index (κ2) is 5.51. The van der Waals surface area contributed by atoms with E-state index in [-0.39, 0.29) is 5.91 Å². The maximum atomic E-state index is 12.2. The summed E-state index contributed by atoms with van der Waals surface area (Å²) in [5.74, 6) is -0.145. The molecule has 1 aromatic carbocycles. The number of thiazole rings is 1. The van der Waals surface area contributed by atoms with Crippen molar-refractivity contribution in [3.63, 3.8) is 0 Å². The summed E-state index contributed by atoms with van der Waals surface area (Å²) < 4.78 is 1.96. The number of nitrogens with one attached hydrogen (secondary N) is 1. The highest BCUT2D eigenvalue weighted by molar-refractivity contribution is 9.10. The van der Waals surface area contributed by atoms with E-state index in [1.807, 2.05) is 18.2 Å². The molecule has 4 nitrogen and oxygen atoms in total. The van der Waals surface area contributed by atoms with E-state index in [1.54, 1.807) is 11.7 Å². The zero-order valence-corrected chi connectivity index (χ0v) is 13.4. The number of amides is 1. The Morgan fingerprint density at radius 2 is 2.30 bits per heavy atom. The smallest absolute Gasteiger partial charge is 0.263 e. The number of fused-ring (bicyclic) bond motifs is 1. The van der Waals surface area contributed by atoms with Gasteiger partial charge in [-0.25, -0.2) is 0 Å². The second-order valence-electron chi connectivity index (χ2n) is 4.14. The molecule has 2 aromatic heterocycles. The van der Waals surface area contributed by atoms with Gasteiger partial charge in [0.05, 0.1) is 17.7 Å². The Balaban J connectivity index is 1.86. The van der Waals surface area contributed by atoms with Crippen LogP contribution in [0.3, 0.4) is 0 Å². The fraction of sp³-hybridized carbons (Fsp3) is 0.0769. The largest absolute Gasteiger partial charge is 0.397 e. The molecular formula is C13H10BrN3OS2. The van der Waals surface area contributed by atoms with Gasteiger partial charge < -0.3 is 11.1 Å². The Hall–Kier alpha value is -1.44. The predicted molar refractivity (Wildman–Crippen MR) is 87.2 cm³/mol. The minimum atomic E-state index is -0.145. The summed E-state index contributed by atoms with van der Waals surface area (Å²) in [6, 6.07) is 5.83. The number of hydrogen-bond acceptors (Lipinski definition) is 5. The fourth-order valence-corrected chi connectivity index (χ4v) is 3.75. The van der Waals surface area contributed by atoms with Gasteiger partial charge in [-0.1, -0.05) is 15.9 Å². The lowest BCUT2D eigenvalue weighted by Crippen LogP contribution is -2.22. The van der Waals surface area contributed by atoms with Gasteiger partial charge in [-0.05, 0) is 18.2 Å².